The van der Waals surface area contributed by atoms with E-state index < -0.39 is 11.8 Å². The van der Waals surface area contributed by atoms with Gasteiger partial charge in [-0.3, -0.25) is 19.5 Å². The van der Waals surface area contributed by atoms with E-state index in [2.05, 4.69) is 37.7 Å². The second kappa shape index (κ2) is 7.33. The van der Waals surface area contributed by atoms with Crippen LogP contribution in [0, 0.1) is 16.7 Å². The number of aliphatic hydroxyl groups excluding tert-OH is 1. The van der Waals surface area contributed by atoms with Gasteiger partial charge in [-0.1, -0.05) is 26.8 Å². The molecule has 0 radical (unpaired) electrons. The third-order valence-electron chi connectivity index (χ3n) is 4.75. The second-order valence-corrected chi connectivity index (χ2v) is 8.60. The van der Waals surface area contributed by atoms with Crippen LogP contribution in [0.2, 0.25) is 0 Å². The second-order valence-electron chi connectivity index (χ2n) is 8.21. The lowest BCUT2D eigenvalue weighted by atomic mass is 9.63. The fourth-order valence-electron chi connectivity index (χ4n) is 4.14. The zero-order valence-electron chi connectivity index (χ0n) is 15.1. The van der Waals surface area contributed by atoms with Crippen LogP contribution in [-0.4, -0.2) is 52.3 Å². The summed E-state index contributed by atoms with van der Waals surface area (Å²) in [6.07, 6.45) is 5.02. The predicted molar refractivity (Wildman–Crippen MR) is 101 cm³/mol. The molecule has 6 nitrogen and oxygen atoms in total. The minimum absolute atomic E-state index is 0.0485. The Hall–Kier alpha value is -1.60. The van der Waals surface area contributed by atoms with Crippen LogP contribution >= 0.6 is 12.2 Å². The highest BCUT2D eigenvalue weighted by Crippen LogP contribution is 2.46. The Labute approximate surface area is 154 Å². The number of aliphatic hydroxyl groups is 1. The molecule has 0 aromatic rings. The van der Waals surface area contributed by atoms with E-state index in [1.165, 1.54) is 11.1 Å². The Bertz CT molecular complexity index is 617. The van der Waals surface area contributed by atoms with Gasteiger partial charge in [0.15, 0.2) is 11.0 Å². The summed E-state index contributed by atoms with van der Waals surface area (Å²) in [6, 6.07) is 0. The maximum absolute atomic E-state index is 12.5. The van der Waals surface area contributed by atoms with Crippen LogP contribution in [0.1, 0.15) is 40.0 Å². The van der Waals surface area contributed by atoms with Gasteiger partial charge in [0, 0.05) is 19.3 Å². The van der Waals surface area contributed by atoms with Gasteiger partial charge >= 0.3 is 0 Å². The Morgan fingerprint density at radius 3 is 2.68 bits per heavy atom. The molecule has 2 fully saturated rings. The van der Waals surface area contributed by atoms with E-state index in [1.807, 2.05) is 0 Å². The molecule has 138 valence electrons. The highest BCUT2D eigenvalue weighted by atomic mass is 32.1. The lowest BCUT2D eigenvalue weighted by Crippen LogP contribution is -2.58. The molecule has 2 N–H and O–H groups in total. The van der Waals surface area contributed by atoms with Gasteiger partial charge in [0.1, 0.15) is 0 Å². The summed E-state index contributed by atoms with van der Waals surface area (Å²) in [7, 11) is 0. The minimum Gasteiger partial charge on any atom is -0.393 e. The molecule has 1 saturated heterocycles. The number of amides is 2. The van der Waals surface area contributed by atoms with Crippen molar-refractivity contribution in [3.63, 3.8) is 0 Å². The molecule has 2 aliphatic rings. The number of aliphatic imine (C=N–C) groups is 1. The van der Waals surface area contributed by atoms with Gasteiger partial charge in [-0.25, -0.2) is 0 Å². The average molecular weight is 365 g/mol. The van der Waals surface area contributed by atoms with Crippen LogP contribution in [0.5, 0.6) is 0 Å². The van der Waals surface area contributed by atoms with Crippen LogP contribution in [0.4, 0.5) is 0 Å². The molecule has 1 aliphatic heterocycles. The molecule has 1 heterocycles. The van der Waals surface area contributed by atoms with Gasteiger partial charge in [-0.2, -0.15) is 0 Å². The standard InChI is InChI=1S/C18H27N3O3S/c1-5-6-21-15(24)13(14(23)20-16(21)25)9-19-11-18(4)8-12(22)7-17(2,3)10-18/h5,9,12-13,22H,1,6-8,10-11H2,2-4H3,(H,20,23,25)/t12-,13?,18+/m1/s1. The smallest absolute Gasteiger partial charge is 0.247 e. The van der Waals surface area contributed by atoms with Crippen molar-refractivity contribution in [2.45, 2.75) is 46.1 Å². The Morgan fingerprint density at radius 2 is 2.08 bits per heavy atom. The zero-order chi connectivity index (χ0) is 18.8. The number of carbonyl (C=O) groups excluding carboxylic acids is 2. The summed E-state index contributed by atoms with van der Waals surface area (Å²) in [5.41, 5.74) is -0.102. The molecule has 0 aromatic heterocycles. The molecule has 1 aliphatic carbocycles. The summed E-state index contributed by atoms with van der Waals surface area (Å²) in [5.74, 6) is -1.81. The summed E-state index contributed by atoms with van der Waals surface area (Å²) < 4.78 is 0. The number of thiocarbonyl (C=S) groups is 1. The average Bonchev–Trinajstić information content (AvgIpc) is 2.44. The van der Waals surface area contributed by atoms with Gasteiger partial charge in [-0.05, 0) is 42.3 Å². The van der Waals surface area contributed by atoms with Crippen molar-refractivity contribution < 1.29 is 14.7 Å². The topological polar surface area (TPSA) is 82.0 Å². The molecule has 1 saturated carbocycles. The van der Waals surface area contributed by atoms with Gasteiger partial charge < -0.3 is 10.4 Å². The van der Waals surface area contributed by atoms with E-state index in [4.69, 9.17) is 12.2 Å². The fraction of sp³-hybridized carbons (Fsp3) is 0.667. The number of rotatable bonds is 5. The first-order chi connectivity index (χ1) is 11.6. The first-order valence-electron chi connectivity index (χ1n) is 8.52. The van der Waals surface area contributed by atoms with Crippen molar-refractivity contribution in [2.75, 3.05) is 13.1 Å². The SMILES string of the molecule is C=CCN1C(=O)C(C=NC[C@@]2(C)C[C@H](O)CC(C)(C)C2)C(=O)NC1=S. The quantitative estimate of drug-likeness (QED) is 0.336. The molecular formula is C18H27N3O3S. The Morgan fingerprint density at radius 1 is 1.40 bits per heavy atom. The van der Waals surface area contributed by atoms with E-state index in [-0.39, 0.29) is 34.5 Å². The van der Waals surface area contributed by atoms with Crippen molar-refractivity contribution in [3.8, 4) is 0 Å². The fourth-order valence-corrected chi connectivity index (χ4v) is 4.41. The number of nitrogens with one attached hydrogen (secondary N) is 1. The molecule has 0 spiro atoms. The van der Waals surface area contributed by atoms with Gasteiger partial charge in [0.05, 0.1) is 6.10 Å². The number of carbonyl (C=O) groups is 2. The molecule has 2 rings (SSSR count). The molecule has 25 heavy (non-hydrogen) atoms. The van der Waals surface area contributed by atoms with Crippen molar-refractivity contribution in [3.05, 3.63) is 12.7 Å². The number of hydrogen-bond acceptors (Lipinski definition) is 5. The molecule has 2 amide bonds. The lowest BCUT2D eigenvalue weighted by molar-refractivity contribution is -0.137. The maximum atomic E-state index is 12.5. The summed E-state index contributed by atoms with van der Waals surface area (Å²) in [5, 5.41) is 12.8. The van der Waals surface area contributed by atoms with E-state index in [0.29, 0.717) is 13.0 Å². The van der Waals surface area contributed by atoms with Crippen LogP contribution in [-0.2, 0) is 9.59 Å². The molecular weight excluding hydrogens is 338 g/mol. The van der Waals surface area contributed by atoms with Crippen molar-refractivity contribution in [1.29, 1.82) is 0 Å². The highest BCUT2D eigenvalue weighted by molar-refractivity contribution is 7.80. The van der Waals surface area contributed by atoms with Crippen molar-refractivity contribution in [1.82, 2.24) is 10.2 Å². The van der Waals surface area contributed by atoms with Crippen LogP contribution in [0.3, 0.4) is 0 Å². The highest BCUT2D eigenvalue weighted by Gasteiger charge is 2.41. The minimum atomic E-state index is -0.975. The Balaban J connectivity index is 2.07. The molecule has 3 atom stereocenters. The zero-order valence-corrected chi connectivity index (χ0v) is 15.9. The van der Waals surface area contributed by atoms with E-state index in [0.717, 1.165) is 12.8 Å². The largest absolute Gasteiger partial charge is 0.393 e. The Kier molecular flexibility index (Phi) is 5.79. The van der Waals surface area contributed by atoms with Gasteiger partial charge in [-0.15, -0.1) is 6.58 Å². The lowest BCUT2D eigenvalue weighted by Gasteiger charge is -2.44. The van der Waals surface area contributed by atoms with Gasteiger partial charge in [0.2, 0.25) is 11.8 Å². The monoisotopic (exact) mass is 365 g/mol. The normalized spacial score (nSPS) is 32.8. The van der Waals surface area contributed by atoms with E-state index in [9.17, 15) is 14.7 Å². The first kappa shape index (κ1) is 19.7. The number of nitrogens with zero attached hydrogens (tertiary/aromatic N) is 2. The van der Waals surface area contributed by atoms with Crippen molar-refractivity contribution >= 4 is 35.4 Å². The summed E-state index contributed by atoms with van der Waals surface area (Å²) >= 11 is 5.02. The third-order valence-corrected chi connectivity index (χ3v) is 5.07. The molecule has 7 heteroatoms. The van der Waals surface area contributed by atoms with Gasteiger partial charge in [0.25, 0.3) is 0 Å². The van der Waals surface area contributed by atoms with E-state index in [1.54, 1.807) is 6.08 Å². The summed E-state index contributed by atoms with van der Waals surface area (Å²) in [4.78, 5) is 30.2. The third kappa shape index (κ3) is 4.73. The van der Waals surface area contributed by atoms with Crippen LogP contribution in [0.15, 0.2) is 17.6 Å². The van der Waals surface area contributed by atoms with Crippen LogP contribution < -0.4 is 5.32 Å². The number of hydrogen-bond donors (Lipinski definition) is 2. The molecule has 1 unspecified atom stereocenters. The first-order valence-corrected chi connectivity index (χ1v) is 8.93. The van der Waals surface area contributed by atoms with Crippen LogP contribution in [0.25, 0.3) is 0 Å². The predicted octanol–water partition coefficient (Wildman–Crippen LogP) is 1.68. The molecule has 0 bridgehead atoms. The van der Waals surface area contributed by atoms with E-state index >= 15 is 0 Å². The molecule has 0 aromatic carbocycles. The maximum Gasteiger partial charge on any atom is 0.247 e. The summed E-state index contributed by atoms with van der Waals surface area (Å²) in [6.45, 7) is 10.7. The van der Waals surface area contributed by atoms with Crippen molar-refractivity contribution in [2.24, 2.45) is 21.7 Å².